The van der Waals surface area contributed by atoms with E-state index in [-0.39, 0.29) is 5.56 Å². The van der Waals surface area contributed by atoms with E-state index in [1.54, 1.807) is 29.5 Å². The van der Waals surface area contributed by atoms with Crippen molar-refractivity contribution in [1.29, 1.82) is 0 Å². The Kier molecular flexibility index (Phi) is 5.09. The molecule has 0 saturated carbocycles. The number of benzene rings is 2. The number of aromatic nitrogens is 1. The van der Waals surface area contributed by atoms with Gasteiger partial charge in [-0.2, -0.15) is 0 Å². The Hall–Kier alpha value is -2.73. The van der Waals surface area contributed by atoms with Crippen LogP contribution in [-0.4, -0.2) is 18.0 Å². The summed E-state index contributed by atoms with van der Waals surface area (Å²) in [5, 5.41) is 5.79. The molecule has 0 aliphatic rings. The summed E-state index contributed by atoms with van der Waals surface area (Å²) in [6.07, 6.45) is 0.909. The minimum atomic E-state index is -0.622. The van der Waals surface area contributed by atoms with Crippen molar-refractivity contribution in [2.24, 2.45) is 0 Å². The van der Waals surface area contributed by atoms with E-state index in [0.29, 0.717) is 11.4 Å². The van der Waals surface area contributed by atoms with Crippen LogP contribution in [0.1, 0.15) is 22.3 Å². The number of anilines is 1. The topological polar surface area (TPSA) is 51.2 Å². The molecule has 4 nitrogen and oxygen atoms in total. The Balaban J connectivity index is 1.73. The second-order valence-corrected chi connectivity index (χ2v) is 6.30. The van der Waals surface area contributed by atoms with Gasteiger partial charge in [0.2, 0.25) is 0 Å². The highest BCUT2D eigenvalue weighted by atomic mass is 32.1. The number of aryl methyl sites for hydroxylation is 1. The van der Waals surface area contributed by atoms with Crippen molar-refractivity contribution < 1.29 is 13.9 Å². The summed E-state index contributed by atoms with van der Waals surface area (Å²) >= 11 is 1.63. The number of ether oxygens (including phenoxy) is 1. The van der Waals surface area contributed by atoms with E-state index in [0.717, 1.165) is 22.7 Å². The van der Waals surface area contributed by atoms with Gasteiger partial charge in [-0.05, 0) is 30.7 Å². The summed E-state index contributed by atoms with van der Waals surface area (Å²) in [5.74, 6) is -0.758. The van der Waals surface area contributed by atoms with Crippen molar-refractivity contribution in [3.63, 3.8) is 0 Å². The number of carbonyl (C=O) groups excluding carboxylic acids is 1. The van der Waals surface area contributed by atoms with Gasteiger partial charge in [0, 0.05) is 22.7 Å². The minimum Gasteiger partial charge on any atom is -0.497 e. The zero-order valence-corrected chi connectivity index (χ0v) is 14.7. The number of nitrogens with zero attached hydrogens (tertiary/aromatic N) is 1. The number of rotatable bonds is 5. The summed E-state index contributed by atoms with van der Waals surface area (Å²) in [7, 11) is 1.45. The van der Waals surface area contributed by atoms with Gasteiger partial charge in [-0.15, -0.1) is 11.3 Å². The van der Waals surface area contributed by atoms with Crippen molar-refractivity contribution in [3.05, 3.63) is 64.2 Å². The molecular weight excluding hydrogens is 339 g/mol. The van der Waals surface area contributed by atoms with Gasteiger partial charge in [0.15, 0.2) is 0 Å². The fourth-order valence-corrected chi connectivity index (χ4v) is 3.09. The fourth-order valence-electron chi connectivity index (χ4n) is 2.34. The predicted molar refractivity (Wildman–Crippen MR) is 97.8 cm³/mol. The zero-order chi connectivity index (χ0) is 17.8. The van der Waals surface area contributed by atoms with Gasteiger partial charge < -0.3 is 10.1 Å². The standard InChI is InChI=1S/C19H17FN2O2S/c1-3-18-22-17(11-25-18)12-4-6-13(7-5-12)21-19(23)15-9-8-14(24-2)10-16(15)20/h4-11H,3H2,1-2H3,(H,21,23). The number of nitrogens with one attached hydrogen (secondary N) is 1. The molecule has 0 aliphatic heterocycles. The van der Waals surface area contributed by atoms with Crippen LogP contribution in [0.3, 0.4) is 0 Å². The molecule has 1 amide bonds. The van der Waals surface area contributed by atoms with Gasteiger partial charge in [-0.1, -0.05) is 19.1 Å². The second kappa shape index (κ2) is 7.44. The average Bonchev–Trinajstić information content (AvgIpc) is 3.11. The molecule has 1 N–H and O–H groups in total. The molecule has 1 aromatic heterocycles. The Morgan fingerprint density at radius 2 is 2.00 bits per heavy atom. The lowest BCUT2D eigenvalue weighted by molar-refractivity contribution is 0.102. The third-order valence-electron chi connectivity index (χ3n) is 3.71. The van der Waals surface area contributed by atoms with Gasteiger partial charge in [-0.3, -0.25) is 4.79 Å². The van der Waals surface area contributed by atoms with Crippen LogP contribution < -0.4 is 10.1 Å². The van der Waals surface area contributed by atoms with Crippen molar-refractivity contribution in [2.75, 3.05) is 12.4 Å². The van der Waals surface area contributed by atoms with Gasteiger partial charge in [-0.25, -0.2) is 9.37 Å². The third-order valence-corrected chi connectivity index (χ3v) is 4.71. The first-order chi connectivity index (χ1) is 12.1. The number of hydrogen-bond donors (Lipinski definition) is 1. The maximum Gasteiger partial charge on any atom is 0.258 e. The molecule has 0 unspecified atom stereocenters. The number of hydrogen-bond acceptors (Lipinski definition) is 4. The molecule has 6 heteroatoms. The minimum absolute atomic E-state index is 0.0306. The smallest absolute Gasteiger partial charge is 0.258 e. The molecule has 0 fully saturated rings. The quantitative estimate of drug-likeness (QED) is 0.716. The summed E-state index contributed by atoms with van der Waals surface area (Å²) in [6.45, 7) is 2.07. The van der Waals surface area contributed by atoms with Crippen LogP contribution in [0.15, 0.2) is 47.8 Å². The van der Waals surface area contributed by atoms with Crippen LogP contribution in [0.5, 0.6) is 5.75 Å². The molecule has 25 heavy (non-hydrogen) atoms. The molecular formula is C19H17FN2O2S. The van der Waals surface area contributed by atoms with Crippen LogP contribution in [0.2, 0.25) is 0 Å². The van der Waals surface area contributed by atoms with Crippen molar-refractivity contribution in [2.45, 2.75) is 13.3 Å². The van der Waals surface area contributed by atoms with Crippen molar-refractivity contribution in [1.82, 2.24) is 4.98 Å². The van der Waals surface area contributed by atoms with Crippen LogP contribution in [-0.2, 0) is 6.42 Å². The van der Waals surface area contributed by atoms with Crippen LogP contribution in [0, 0.1) is 5.82 Å². The lowest BCUT2D eigenvalue weighted by Crippen LogP contribution is -2.13. The van der Waals surface area contributed by atoms with E-state index in [9.17, 15) is 9.18 Å². The highest BCUT2D eigenvalue weighted by Gasteiger charge is 2.13. The van der Waals surface area contributed by atoms with E-state index in [4.69, 9.17) is 4.74 Å². The normalized spacial score (nSPS) is 10.5. The lowest BCUT2D eigenvalue weighted by Gasteiger charge is -2.08. The summed E-state index contributed by atoms with van der Waals surface area (Å²) in [6, 6.07) is 11.5. The van der Waals surface area contributed by atoms with Crippen molar-refractivity contribution in [3.8, 4) is 17.0 Å². The van der Waals surface area contributed by atoms with Crippen LogP contribution in [0.25, 0.3) is 11.3 Å². The van der Waals surface area contributed by atoms with Gasteiger partial charge in [0.05, 0.1) is 23.4 Å². The lowest BCUT2D eigenvalue weighted by atomic mass is 10.1. The maximum atomic E-state index is 14.0. The van der Waals surface area contributed by atoms with E-state index in [1.165, 1.54) is 19.2 Å². The van der Waals surface area contributed by atoms with E-state index >= 15 is 0 Å². The van der Waals surface area contributed by atoms with Gasteiger partial charge in [0.25, 0.3) is 5.91 Å². The average molecular weight is 356 g/mol. The van der Waals surface area contributed by atoms with Crippen molar-refractivity contribution >= 4 is 22.9 Å². The second-order valence-electron chi connectivity index (χ2n) is 5.36. The molecule has 0 spiro atoms. The predicted octanol–water partition coefficient (Wildman–Crippen LogP) is 4.77. The van der Waals surface area contributed by atoms with E-state index < -0.39 is 11.7 Å². The van der Waals surface area contributed by atoms with Gasteiger partial charge >= 0.3 is 0 Å². The highest BCUT2D eigenvalue weighted by molar-refractivity contribution is 7.09. The molecule has 1 heterocycles. The number of thiazole rings is 1. The number of amides is 1. The van der Waals surface area contributed by atoms with Crippen LogP contribution >= 0.6 is 11.3 Å². The molecule has 0 atom stereocenters. The SMILES string of the molecule is CCc1nc(-c2ccc(NC(=O)c3ccc(OC)cc3F)cc2)cs1. The molecule has 0 saturated heterocycles. The van der Waals surface area contributed by atoms with E-state index in [1.807, 2.05) is 17.5 Å². The molecule has 3 rings (SSSR count). The summed E-state index contributed by atoms with van der Waals surface area (Å²) in [4.78, 5) is 16.8. The van der Waals surface area contributed by atoms with E-state index in [2.05, 4.69) is 17.2 Å². The first-order valence-corrected chi connectivity index (χ1v) is 8.68. The van der Waals surface area contributed by atoms with Gasteiger partial charge in [0.1, 0.15) is 11.6 Å². The number of halogens is 1. The molecule has 3 aromatic rings. The largest absolute Gasteiger partial charge is 0.497 e. The monoisotopic (exact) mass is 356 g/mol. The first-order valence-electron chi connectivity index (χ1n) is 7.80. The molecule has 0 bridgehead atoms. The Labute approximate surface area is 149 Å². The third kappa shape index (κ3) is 3.85. The molecule has 0 aliphatic carbocycles. The highest BCUT2D eigenvalue weighted by Crippen LogP contribution is 2.24. The Morgan fingerprint density at radius 3 is 2.60 bits per heavy atom. The fraction of sp³-hybridized carbons (Fsp3) is 0.158. The maximum absolute atomic E-state index is 14.0. The molecule has 0 radical (unpaired) electrons. The van der Waals surface area contributed by atoms with Crippen LogP contribution in [0.4, 0.5) is 10.1 Å². The Morgan fingerprint density at radius 1 is 1.24 bits per heavy atom. The number of methoxy groups -OCH3 is 1. The summed E-state index contributed by atoms with van der Waals surface area (Å²) < 4.78 is 18.9. The molecule has 128 valence electrons. The Bertz CT molecular complexity index is 891. The first kappa shape index (κ1) is 17.1. The number of carbonyl (C=O) groups is 1. The molecule has 2 aromatic carbocycles. The zero-order valence-electron chi connectivity index (χ0n) is 13.9. The summed E-state index contributed by atoms with van der Waals surface area (Å²) in [5.41, 5.74) is 2.46.